The van der Waals surface area contributed by atoms with Crippen LogP contribution in [-0.4, -0.2) is 116 Å². The molecule has 2 fully saturated rings. The molecule has 2 saturated heterocycles. The van der Waals surface area contributed by atoms with Gasteiger partial charge in [-0.2, -0.15) is 0 Å². The Bertz CT molecular complexity index is 1220. The lowest BCUT2D eigenvalue weighted by molar-refractivity contribution is -0.319. The first-order chi connectivity index (χ1) is 21.5. The van der Waals surface area contributed by atoms with Crippen molar-refractivity contribution in [3.8, 4) is 0 Å². The summed E-state index contributed by atoms with van der Waals surface area (Å²) in [5, 5.41) is 3.46. The number of rotatable bonds is 12. The van der Waals surface area contributed by atoms with E-state index in [0.29, 0.717) is 0 Å². The van der Waals surface area contributed by atoms with E-state index < -0.39 is 116 Å². The molecular weight excluding hydrogens is 626 g/mol. The Morgan fingerprint density at radius 3 is 1.37 bits per heavy atom. The summed E-state index contributed by atoms with van der Waals surface area (Å²) >= 11 is 0. The lowest BCUT2D eigenvalue weighted by Gasteiger charge is -2.46. The molecule has 10 atom stereocenters. The van der Waals surface area contributed by atoms with Gasteiger partial charge in [0.05, 0.1) is 6.61 Å². The topological polar surface area (TPSA) is 261 Å². The van der Waals surface area contributed by atoms with Gasteiger partial charge in [-0.3, -0.25) is 33.6 Å². The number of ether oxygens (including phenoxy) is 10. The minimum atomic E-state index is -1.67. The van der Waals surface area contributed by atoms with Crippen molar-refractivity contribution < 1.29 is 80.9 Å². The lowest BCUT2D eigenvalue weighted by atomic mass is 9.96. The minimum Gasteiger partial charge on any atom is -0.463 e. The van der Waals surface area contributed by atoms with Crippen molar-refractivity contribution in [1.29, 1.82) is 0 Å². The summed E-state index contributed by atoms with van der Waals surface area (Å²) in [5.74, 6) is -6.01. The molecule has 0 aromatic heterocycles. The zero-order chi connectivity index (χ0) is 34.7. The van der Waals surface area contributed by atoms with Gasteiger partial charge in [-0.05, 0) is 5.53 Å². The maximum absolute atomic E-state index is 12.1. The van der Waals surface area contributed by atoms with Crippen LogP contribution in [0.4, 0.5) is 0 Å². The van der Waals surface area contributed by atoms with E-state index in [0.717, 1.165) is 48.5 Å². The van der Waals surface area contributed by atoms with Gasteiger partial charge in [0.25, 0.3) is 0 Å². The van der Waals surface area contributed by atoms with Crippen LogP contribution in [0, 0.1) is 0 Å². The summed E-state index contributed by atoms with van der Waals surface area (Å²) in [4.78, 5) is 86.3. The molecular formula is C26H35N3O17. The van der Waals surface area contributed by atoms with Gasteiger partial charge in [0, 0.05) is 53.4 Å². The third-order valence-electron chi connectivity index (χ3n) is 6.05. The molecule has 20 heteroatoms. The van der Waals surface area contributed by atoms with Crippen LogP contribution >= 0.6 is 0 Å². The SMILES string of the molecule is CC(=O)OC[C@H]1O[C@H](OC[C@H]2O[C@@H](N=[N+]=[N-])[C@H](OC(C)=O)[C@@H](OC(C)=O)[C@@H]2OC(C)=O)[C@H](OC(C)=O)[C@@H](OC(C)=O)[C@H]1OC(C)=O. The van der Waals surface area contributed by atoms with E-state index in [1.54, 1.807) is 0 Å². The molecule has 20 nitrogen and oxygen atoms in total. The fraction of sp³-hybridized carbons (Fsp3) is 0.731. The van der Waals surface area contributed by atoms with Crippen LogP contribution in [-0.2, 0) is 80.9 Å². The second-order valence-electron chi connectivity index (χ2n) is 9.89. The Morgan fingerprint density at radius 1 is 0.543 bits per heavy atom. The van der Waals surface area contributed by atoms with Crippen molar-refractivity contribution in [2.75, 3.05) is 13.2 Å². The minimum absolute atomic E-state index is 0.536. The van der Waals surface area contributed by atoms with Gasteiger partial charge in [0.2, 0.25) is 0 Å². The van der Waals surface area contributed by atoms with Crippen molar-refractivity contribution in [3.05, 3.63) is 10.4 Å². The Balaban J connectivity index is 2.55. The summed E-state index contributed by atoms with van der Waals surface area (Å²) in [6.07, 6.45) is -15.4. The first-order valence-corrected chi connectivity index (χ1v) is 13.7. The fourth-order valence-electron chi connectivity index (χ4n) is 4.66. The normalized spacial score (nSPS) is 30.3. The van der Waals surface area contributed by atoms with E-state index in [9.17, 15) is 33.6 Å². The van der Waals surface area contributed by atoms with Crippen LogP contribution in [0.15, 0.2) is 5.11 Å². The van der Waals surface area contributed by atoms with Gasteiger partial charge in [-0.1, -0.05) is 5.11 Å². The molecule has 0 N–H and O–H groups in total. The number of hydrogen-bond donors (Lipinski definition) is 0. The highest BCUT2D eigenvalue weighted by atomic mass is 16.7. The van der Waals surface area contributed by atoms with Crippen LogP contribution in [0.5, 0.6) is 0 Å². The monoisotopic (exact) mass is 661 g/mol. The van der Waals surface area contributed by atoms with E-state index in [-0.39, 0.29) is 0 Å². The maximum Gasteiger partial charge on any atom is 0.303 e. The molecule has 0 unspecified atom stereocenters. The molecule has 0 radical (unpaired) electrons. The summed E-state index contributed by atoms with van der Waals surface area (Å²) in [5.41, 5.74) is 9.13. The van der Waals surface area contributed by atoms with E-state index in [4.69, 9.17) is 52.9 Å². The Hall–Kier alpha value is -4.52. The van der Waals surface area contributed by atoms with Crippen LogP contribution in [0.2, 0.25) is 0 Å². The predicted octanol–water partition coefficient (Wildman–Crippen LogP) is -0.0836. The van der Waals surface area contributed by atoms with Gasteiger partial charge in [0.15, 0.2) is 49.1 Å². The number of nitrogens with zero attached hydrogens (tertiary/aromatic N) is 3. The molecule has 46 heavy (non-hydrogen) atoms. The zero-order valence-corrected chi connectivity index (χ0v) is 26.0. The van der Waals surface area contributed by atoms with E-state index in [1.807, 2.05) is 0 Å². The number of esters is 7. The Kier molecular flexibility index (Phi) is 14.1. The van der Waals surface area contributed by atoms with Crippen LogP contribution in [0.3, 0.4) is 0 Å². The quantitative estimate of drug-likeness (QED) is 0.0870. The summed E-state index contributed by atoms with van der Waals surface area (Å²) < 4.78 is 54.4. The largest absolute Gasteiger partial charge is 0.463 e. The Labute approximate surface area is 261 Å². The number of azide groups is 1. The van der Waals surface area contributed by atoms with Crippen molar-refractivity contribution in [3.63, 3.8) is 0 Å². The maximum atomic E-state index is 12.1. The molecule has 0 spiro atoms. The zero-order valence-electron chi connectivity index (χ0n) is 26.0. The van der Waals surface area contributed by atoms with E-state index in [1.165, 1.54) is 0 Å². The fourth-order valence-corrected chi connectivity index (χ4v) is 4.66. The standard InChI is InChI=1S/C26H35N3O17/c1-10(30)37-8-18-20(40-12(3)32)22(42-14(5)34)24(44-16(7)36)26(46-18)38-9-17-19(39-11(2)31)21(41-13(4)33)23(43-15(6)35)25(45-17)28-29-27/h17-26H,8-9H2,1-7H3/t17-,18-,19-,20+,21+,22+,23-,24-,25-,26+/m1/s1. The second-order valence-corrected chi connectivity index (χ2v) is 9.89. The highest BCUT2D eigenvalue weighted by Gasteiger charge is 2.55. The number of carbonyl (C=O) groups is 7. The number of hydrogen-bond acceptors (Lipinski definition) is 18. The molecule has 0 amide bonds. The van der Waals surface area contributed by atoms with Crippen molar-refractivity contribution in [2.45, 2.75) is 110 Å². The third kappa shape index (κ3) is 11.1. The van der Waals surface area contributed by atoms with Crippen LogP contribution in [0.1, 0.15) is 48.5 Å². The second kappa shape index (κ2) is 17.2. The first-order valence-electron chi connectivity index (χ1n) is 13.7. The molecule has 0 aromatic carbocycles. The molecule has 256 valence electrons. The smallest absolute Gasteiger partial charge is 0.303 e. The highest BCUT2D eigenvalue weighted by Crippen LogP contribution is 2.33. The van der Waals surface area contributed by atoms with Gasteiger partial charge >= 0.3 is 41.8 Å². The average Bonchev–Trinajstić information content (AvgIpc) is 2.91. The molecule has 2 aliphatic rings. The average molecular weight is 662 g/mol. The Morgan fingerprint density at radius 2 is 0.935 bits per heavy atom. The van der Waals surface area contributed by atoms with Gasteiger partial charge in [-0.25, -0.2) is 0 Å². The van der Waals surface area contributed by atoms with Crippen molar-refractivity contribution >= 4 is 41.8 Å². The summed E-state index contributed by atoms with van der Waals surface area (Å²) in [7, 11) is 0. The third-order valence-corrected chi connectivity index (χ3v) is 6.05. The molecule has 0 aromatic rings. The first kappa shape index (κ1) is 37.7. The van der Waals surface area contributed by atoms with Crippen LogP contribution in [0.25, 0.3) is 10.4 Å². The van der Waals surface area contributed by atoms with Crippen molar-refractivity contribution in [1.82, 2.24) is 0 Å². The van der Waals surface area contributed by atoms with Gasteiger partial charge in [0.1, 0.15) is 18.8 Å². The van der Waals surface area contributed by atoms with Gasteiger partial charge in [-0.15, -0.1) is 0 Å². The van der Waals surface area contributed by atoms with Crippen molar-refractivity contribution in [2.24, 2.45) is 5.11 Å². The summed E-state index contributed by atoms with van der Waals surface area (Å²) in [6, 6.07) is 0. The van der Waals surface area contributed by atoms with E-state index in [2.05, 4.69) is 10.0 Å². The number of carbonyl (C=O) groups excluding carboxylic acids is 7. The molecule has 2 heterocycles. The molecule has 2 rings (SSSR count). The van der Waals surface area contributed by atoms with Crippen LogP contribution < -0.4 is 0 Å². The molecule has 0 bridgehead atoms. The molecule has 0 saturated carbocycles. The van der Waals surface area contributed by atoms with E-state index >= 15 is 0 Å². The molecule has 2 aliphatic heterocycles. The molecule has 0 aliphatic carbocycles. The van der Waals surface area contributed by atoms with Gasteiger partial charge < -0.3 is 47.4 Å². The lowest BCUT2D eigenvalue weighted by Crippen LogP contribution is -2.64. The predicted molar refractivity (Wildman–Crippen MR) is 142 cm³/mol. The summed E-state index contributed by atoms with van der Waals surface area (Å²) in [6.45, 7) is 6.09. The highest BCUT2D eigenvalue weighted by molar-refractivity contribution is 5.69.